The summed E-state index contributed by atoms with van der Waals surface area (Å²) < 4.78 is 0. The first kappa shape index (κ1) is 33.2. The molecule has 0 fully saturated rings. The molecule has 264 valence electrons. The Hall–Kier alpha value is -7.42. The minimum Gasteiger partial charge on any atom is -0.310 e. The van der Waals surface area contributed by atoms with Gasteiger partial charge in [-0.2, -0.15) is 0 Å². The van der Waals surface area contributed by atoms with Gasteiger partial charge in [-0.25, -0.2) is 0 Å². The van der Waals surface area contributed by atoms with E-state index in [9.17, 15) is 0 Å². The van der Waals surface area contributed by atoms with E-state index in [1.807, 2.05) is 0 Å². The minimum atomic E-state index is 1.11. The number of para-hydroxylation sites is 2. The monoisotopic (exact) mass is 714 g/mol. The van der Waals surface area contributed by atoms with Gasteiger partial charge < -0.3 is 9.80 Å². The van der Waals surface area contributed by atoms with Crippen molar-refractivity contribution < 1.29 is 0 Å². The Morgan fingerprint density at radius 3 is 1.18 bits per heavy atom. The Balaban J connectivity index is 1.17. The van der Waals surface area contributed by atoms with Gasteiger partial charge >= 0.3 is 0 Å². The molecule has 56 heavy (non-hydrogen) atoms. The summed E-state index contributed by atoms with van der Waals surface area (Å²) in [6.07, 6.45) is 0. The standard InChI is InChI=1S/C54H38N2/c1-5-15-39(16-6-1)41-25-31-46(32-26-41)55(44-19-9-3-10-20-44)48-35-29-43-30-36-50-49-23-13-14-24-51(49)54(38-53(50)52(43)37-48)56(45-21-11-4-12-22-45)47-33-27-42(28-34-47)40-17-7-2-8-18-40/h1-38H. The van der Waals surface area contributed by atoms with Crippen LogP contribution in [0.15, 0.2) is 231 Å². The fourth-order valence-electron chi connectivity index (χ4n) is 8.10. The zero-order valence-electron chi connectivity index (χ0n) is 30.8. The summed E-state index contributed by atoms with van der Waals surface area (Å²) in [6.45, 7) is 0. The van der Waals surface area contributed by atoms with Crippen molar-refractivity contribution in [1.29, 1.82) is 0 Å². The molecule has 0 bridgehead atoms. The fourth-order valence-corrected chi connectivity index (χ4v) is 8.10. The summed E-state index contributed by atoms with van der Waals surface area (Å²) in [7, 11) is 0. The lowest BCUT2D eigenvalue weighted by Gasteiger charge is -2.28. The largest absolute Gasteiger partial charge is 0.310 e. The van der Waals surface area contributed by atoms with Crippen molar-refractivity contribution in [3.8, 4) is 22.3 Å². The highest BCUT2D eigenvalue weighted by Crippen LogP contribution is 2.45. The van der Waals surface area contributed by atoms with Gasteiger partial charge in [-0.15, -0.1) is 0 Å². The van der Waals surface area contributed by atoms with Gasteiger partial charge in [-0.05, 0) is 116 Å². The Labute approximate surface area is 327 Å². The molecule has 0 spiro atoms. The van der Waals surface area contributed by atoms with Crippen LogP contribution in [0.25, 0.3) is 54.6 Å². The molecule has 0 unspecified atom stereocenters. The SMILES string of the molecule is c1ccc(-c2ccc(N(c3ccccc3)c3ccc4ccc5c6ccccc6c(N(c6ccccc6)c6ccc(-c7ccccc7)cc6)cc5c4c3)cc2)cc1. The van der Waals surface area contributed by atoms with Crippen molar-refractivity contribution in [1.82, 2.24) is 0 Å². The molecule has 0 amide bonds. The lowest BCUT2D eigenvalue weighted by atomic mass is 9.94. The van der Waals surface area contributed by atoms with Crippen molar-refractivity contribution in [3.05, 3.63) is 231 Å². The van der Waals surface area contributed by atoms with Gasteiger partial charge in [0.1, 0.15) is 0 Å². The van der Waals surface area contributed by atoms with E-state index in [2.05, 4.69) is 240 Å². The van der Waals surface area contributed by atoms with Crippen LogP contribution in [-0.4, -0.2) is 0 Å². The normalized spacial score (nSPS) is 11.2. The maximum Gasteiger partial charge on any atom is 0.0546 e. The smallest absolute Gasteiger partial charge is 0.0546 e. The van der Waals surface area contributed by atoms with E-state index in [4.69, 9.17) is 0 Å². The molecule has 0 saturated heterocycles. The van der Waals surface area contributed by atoms with E-state index < -0.39 is 0 Å². The topological polar surface area (TPSA) is 6.48 Å². The van der Waals surface area contributed by atoms with Crippen LogP contribution in [0.1, 0.15) is 0 Å². The summed E-state index contributed by atoms with van der Waals surface area (Å²) in [5.74, 6) is 0. The molecule has 0 heterocycles. The van der Waals surface area contributed by atoms with E-state index >= 15 is 0 Å². The second-order valence-corrected chi connectivity index (χ2v) is 14.2. The van der Waals surface area contributed by atoms with Gasteiger partial charge in [-0.1, -0.05) is 164 Å². The Bertz CT molecular complexity index is 2920. The number of nitrogens with zero attached hydrogens (tertiary/aromatic N) is 2. The van der Waals surface area contributed by atoms with E-state index in [1.165, 1.54) is 54.6 Å². The van der Waals surface area contributed by atoms with Crippen LogP contribution < -0.4 is 9.80 Å². The Morgan fingerprint density at radius 1 is 0.214 bits per heavy atom. The van der Waals surface area contributed by atoms with Crippen LogP contribution in [0, 0.1) is 0 Å². The summed E-state index contributed by atoms with van der Waals surface area (Å²) in [5, 5.41) is 7.29. The van der Waals surface area contributed by atoms with Gasteiger partial charge in [-0.3, -0.25) is 0 Å². The quantitative estimate of drug-likeness (QED) is 0.145. The third kappa shape index (κ3) is 6.14. The first-order valence-corrected chi connectivity index (χ1v) is 19.2. The van der Waals surface area contributed by atoms with E-state index in [0.717, 1.165) is 34.1 Å². The predicted octanol–water partition coefficient (Wildman–Crippen LogP) is 15.4. The molecule has 0 saturated carbocycles. The van der Waals surface area contributed by atoms with Crippen LogP contribution in [0.4, 0.5) is 34.1 Å². The third-order valence-corrected chi connectivity index (χ3v) is 10.8. The number of benzene rings is 10. The molecule has 0 N–H and O–H groups in total. The average molecular weight is 715 g/mol. The van der Waals surface area contributed by atoms with Crippen molar-refractivity contribution in [2.24, 2.45) is 0 Å². The molecule has 0 aliphatic heterocycles. The molecule has 2 heteroatoms. The first-order valence-electron chi connectivity index (χ1n) is 19.2. The zero-order chi connectivity index (χ0) is 37.3. The van der Waals surface area contributed by atoms with Gasteiger partial charge in [0.15, 0.2) is 0 Å². The maximum absolute atomic E-state index is 2.41. The summed E-state index contributed by atoms with van der Waals surface area (Å²) in [5.41, 5.74) is 11.5. The maximum atomic E-state index is 2.41. The molecule has 2 nitrogen and oxygen atoms in total. The highest BCUT2D eigenvalue weighted by Gasteiger charge is 2.20. The molecular weight excluding hydrogens is 677 g/mol. The third-order valence-electron chi connectivity index (χ3n) is 10.8. The Morgan fingerprint density at radius 2 is 0.607 bits per heavy atom. The zero-order valence-corrected chi connectivity index (χ0v) is 30.8. The van der Waals surface area contributed by atoms with Gasteiger partial charge in [0.25, 0.3) is 0 Å². The molecule has 0 aromatic heterocycles. The van der Waals surface area contributed by atoms with Crippen molar-refractivity contribution >= 4 is 66.4 Å². The van der Waals surface area contributed by atoms with Crippen LogP contribution in [0.5, 0.6) is 0 Å². The molecule has 10 aromatic rings. The molecule has 0 radical (unpaired) electrons. The van der Waals surface area contributed by atoms with Crippen molar-refractivity contribution in [2.45, 2.75) is 0 Å². The highest BCUT2D eigenvalue weighted by molar-refractivity contribution is 6.22. The summed E-state index contributed by atoms with van der Waals surface area (Å²) >= 11 is 0. The molecular formula is C54H38N2. The average Bonchev–Trinajstić information content (AvgIpc) is 3.28. The van der Waals surface area contributed by atoms with Crippen LogP contribution in [0.3, 0.4) is 0 Å². The first-order chi connectivity index (χ1) is 27.8. The molecule has 0 atom stereocenters. The molecule has 10 rings (SSSR count). The van der Waals surface area contributed by atoms with E-state index in [0.29, 0.717) is 0 Å². The minimum absolute atomic E-state index is 1.11. The lowest BCUT2D eigenvalue weighted by Crippen LogP contribution is -2.11. The number of fused-ring (bicyclic) bond motifs is 5. The number of rotatable bonds is 8. The van der Waals surface area contributed by atoms with E-state index in [-0.39, 0.29) is 0 Å². The van der Waals surface area contributed by atoms with Crippen LogP contribution in [-0.2, 0) is 0 Å². The number of hydrogen-bond acceptors (Lipinski definition) is 2. The summed E-state index contributed by atoms with van der Waals surface area (Å²) in [4.78, 5) is 4.77. The second-order valence-electron chi connectivity index (χ2n) is 14.2. The second kappa shape index (κ2) is 14.4. The van der Waals surface area contributed by atoms with Crippen LogP contribution in [0.2, 0.25) is 0 Å². The molecule has 10 aromatic carbocycles. The van der Waals surface area contributed by atoms with Gasteiger partial charge in [0, 0.05) is 33.8 Å². The lowest BCUT2D eigenvalue weighted by molar-refractivity contribution is 1.29. The fraction of sp³-hybridized carbons (Fsp3) is 0. The Kier molecular flexibility index (Phi) is 8.55. The van der Waals surface area contributed by atoms with Crippen molar-refractivity contribution in [2.75, 3.05) is 9.80 Å². The predicted molar refractivity (Wildman–Crippen MR) is 239 cm³/mol. The van der Waals surface area contributed by atoms with E-state index in [1.54, 1.807) is 0 Å². The summed E-state index contributed by atoms with van der Waals surface area (Å²) in [6, 6.07) is 83.1. The molecule has 0 aliphatic rings. The van der Waals surface area contributed by atoms with Gasteiger partial charge in [0.05, 0.1) is 5.69 Å². The highest BCUT2D eigenvalue weighted by atomic mass is 15.1. The number of anilines is 6. The van der Waals surface area contributed by atoms with Crippen LogP contribution >= 0.6 is 0 Å². The van der Waals surface area contributed by atoms with Crippen molar-refractivity contribution in [3.63, 3.8) is 0 Å². The molecule has 0 aliphatic carbocycles. The number of hydrogen-bond donors (Lipinski definition) is 0. The van der Waals surface area contributed by atoms with Gasteiger partial charge in [0.2, 0.25) is 0 Å².